The van der Waals surface area contributed by atoms with Crippen molar-refractivity contribution in [3.8, 4) is 11.1 Å². The van der Waals surface area contributed by atoms with E-state index in [9.17, 15) is 0 Å². The molecule has 0 saturated carbocycles. The van der Waals surface area contributed by atoms with Crippen LogP contribution < -0.4 is 4.90 Å². The van der Waals surface area contributed by atoms with Crippen LogP contribution in [0.15, 0.2) is 48.5 Å². The molecule has 0 amide bonds. The van der Waals surface area contributed by atoms with Gasteiger partial charge in [0.15, 0.2) is 0 Å². The normalized spacial score (nSPS) is 18.6. The van der Waals surface area contributed by atoms with Gasteiger partial charge in [-0.2, -0.15) is 24.9 Å². The number of nitrogens with zero attached hydrogens (tertiary/aromatic N) is 2. The molecule has 3 aromatic carbocycles. The Bertz CT molecular complexity index is 1330. The molecule has 1 radical (unpaired) electrons. The average molecular weight is 611 g/mol. The van der Waals surface area contributed by atoms with Crippen molar-refractivity contribution in [2.45, 2.75) is 52.4 Å². The fraction of sp³-hybridized carbons (Fsp3) is 0.300. The molecule has 2 nitrogen and oxygen atoms in total. The molecule has 2 aliphatic heterocycles. The zero-order valence-corrected chi connectivity index (χ0v) is 22.8. The minimum absolute atomic E-state index is 0. The smallest absolute Gasteiger partial charge is 0.0402 e. The Morgan fingerprint density at radius 3 is 2.03 bits per heavy atom. The van der Waals surface area contributed by atoms with Crippen molar-refractivity contribution < 1.29 is 20.1 Å². The zero-order chi connectivity index (χ0) is 22.6. The third-order valence-corrected chi connectivity index (χ3v) is 8.52. The quantitative estimate of drug-likeness (QED) is 0.273. The van der Waals surface area contributed by atoms with E-state index in [2.05, 4.69) is 120 Å². The van der Waals surface area contributed by atoms with E-state index in [0.717, 1.165) is 0 Å². The molecule has 0 N–H and O–H groups in total. The number of hydrogen-bond acceptors (Lipinski definition) is 2. The molecule has 6 rings (SSSR count). The number of benzene rings is 3. The molecule has 3 aliphatic rings. The predicted octanol–water partition coefficient (Wildman–Crippen LogP) is 7.05. The van der Waals surface area contributed by atoms with E-state index in [1.165, 1.54) is 61.6 Å². The van der Waals surface area contributed by atoms with Gasteiger partial charge in [-0.05, 0) is 54.0 Å². The Balaban J connectivity index is 0.00000228. The first kappa shape index (κ1) is 22.4. The van der Waals surface area contributed by atoms with Crippen LogP contribution in [0.5, 0.6) is 0 Å². The Kier molecular flexibility index (Phi) is 4.81. The first-order chi connectivity index (χ1) is 15.2. The van der Waals surface area contributed by atoms with Crippen LogP contribution in [0.1, 0.15) is 61.1 Å². The molecule has 33 heavy (non-hydrogen) atoms. The first-order valence-electron chi connectivity index (χ1n) is 11.5. The van der Waals surface area contributed by atoms with Crippen molar-refractivity contribution in [3.05, 3.63) is 94.6 Å². The van der Waals surface area contributed by atoms with Crippen LogP contribution in [0.4, 0.5) is 5.69 Å². The summed E-state index contributed by atoms with van der Waals surface area (Å²) in [4.78, 5) is 4.67. The van der Waals surface area contributed by atoms with Gasteiger partial charge in [0.25, 0.3) is 0 Å². The maximum Gasteiger partial charge on any atom is 0.0402 e. The number of hydrogen-bond donors (Lipinski definition) is 0. The van der Waals surface area contributed by atoms with Gasteiger partial charge in [0.05, 0.1) is 0 Å². The summed E-state index contributed by atoms with van der Waals surface area (Å²) in [5.41, 5.74) is 14.7. The maximum absolute atomic E-state index is 3.62. The van der Waals surface area contributed by atoms with Crippen molar-refractivity contribution in [2.24, 2.45) is 0 Å². The monoisotopic (exact) mass is 611 g/mol. The van der Waals surface area contributed by atoms with Crippen molar-refractivity contribution in [3.63, 3.8) is 0 Å². The van der Waals surface area contributed by atoms with E-state index in [-0.39, 0.29) is 30.9 Å². The fourth-order valence-electron chi connectivity index (χ4n) is 6.14. The van der Waals surface area contributed by atoms with Gasteiger partial charge in [-0.25, -0.2) is 0 Å². The van der Waals surface area contributed by atoms with E-state index in [1.807, 2.05) is 0 Å². The van der Waals surface area contributed by atoms with Crippen molar-refractivity contribution in [1.29, 1.82) is 0 Å². The summed E-state index contributed by atoms with van der Waals surface area (Å²) in [6.07, 6.45) is 0. The topological polar surface area (TPSA) is 6.48 Å². The maximum atomic E-state index is 3.62. The SMILES string of the molecule is Cc1cccc(C)c1C1=C2c3cccc4c3-c3c([c-]ccc3C(C)(C)C4(C)C)N2[CH-]N1C.[Ir]. The van der Waals surface area contributed by atoms with Crippen LogP contribution in [-0.4, -0.2) is 11.9 Å². The van der Waals surface area contributed by atoms with E-state index in [4.69, 9.17) is 0 Å². The van der Waals surface area contributed by atoms with Gasteiger partial charge < -0.3 is 9.80 Å². The van der Waals surface area contributed by atoms with Gasteiger partial charge in [0.1, 0.15) is 0 Å². The number of anilines is 1. The summed E-state index contributed by atoms with van der Waals surface area (Å²) in [5.74, 6) is 0. The molecule has 2 heterocycles. The molecule has 0 aromatic heterocycles. The van der Waals surface area contributed by atoms with Crippen LogP contribution in [0.2, 0.25) is 0 Å². The second kappa shape index (κ2) is 7.07. The summed E-state index contributed by atoms with van der Waals surface area (Å²) >= 11 is 0. The summed E-state index contributed by atoms with van der Waals surface area (Å²) in [6, 6.07) is 21.5. The largest absolute Gasteiger partial charge is 0.503 e. The van der Waals surface area contributed by atoms with Crippen LogP contribution in [0.25, 0.3) is 22.5 Å². The molecule has 0 spiro atoms. The second-order valence-electron chi connectivity index (χ2n) is 10.7. The first-order valence-corrected chi connectivity index (χ1v) is 11.5. The summed E-state index contributed by atoms with van der Waals surface area (Å²) in [7, 11) is 2.17. The van der Waals surface area contributed by atoms with E-state index in [1.54, 1.807) is 0 Å². The van der Waals surface area contributed by atoms with Crippen LogP contribution in [-0.2, 0) is 30.9 Å². The Morgan fingerprint density at radius 1 is 0.758 bits per heavy atom. The van der Waals surface area contributed by atoms with E-state index < -0.39 is 0 Å². The third-order valence-electron chi connectivity index (χ3n) is 8.52. The molecule has 0 unspecified atom stereocenters. The predicted molar refractivity (Wildman–Crippen MR) is 134 cm³/mol. The molecule has 0 fully saturated rings. The Hall–Kier alpha value is -2.35. The van der Waals surface area contributed by atoms with Gasteiger partial charge in [0.2, 0.25) is 0 Å². The summed E-state index contributed by atoms with van der Waals surface area (Å²) in [6.45, 7) is 16.3. The molecular weight excluding hydrogens is 581 g/mol. The number of aryl methyl sites for hydroxylation is 2. The molecule has 0 saturated heterocycles. The Labute approximate surface area is 211 Å². The molecule has 3 aromatic rings. The molecular formula is C30H30IrN2-2. The second-order valence-corrected chi connectivity index (χ2v) is 10.7. The summed E-state index contributed by atoms with van der Waals surface area (Å²) in [5, 5.41) is 0. The van der Waals surface area contributed by atoms with Crippen molar-refractivity contribution in [2.75, 3.05) is 11.9 Å². The summed E-state index contributed by atoms with van der Waals surface area (Å²) < 4.78 is 0. The molecule has 0 bridgehead atoms. The van der Waals surface area contributed by atoms with Crippen LogP contribution in [0, 0.1) is 26.6 Å². The molecule has 1 aliphatic carbocycles. The zero-order valence-electron chi connectivity index (χ0n) is 20.4. The fourth-order valence-corrected chi connectivity index (χ4v) is 6.14. The van der Waals surface area contributed by atoms with Gasteiger partial charge in [-0.1, -0.05) is 75.3 Å². The van der Waals surface area contributed by atoms with Crippen molar-refractivity contribution >= 4 is 17.1 Å². The molecule has 171 valence electrons. The van der Waals surface area contributed by atoms with Crippen LogP contribution in [0.3, 0.4) is 0 Å². The van der Waals surface area contributed by atoms with Gasteiger partial charge in [-0.15, -0.1) is 11.1 Å². The molecule has 0 atom stereocenters. The van der Waals surface area contributed by atoms with Crippen LogP contribution >= 0.6 is 0 Å². The number of rotatable bonds is 1. The minimum atomic E-state index is 0. The standard InChI is InChI=1S/C30H30N2.Ir/c1-18-11-8-12-19(2)24(18)28-27-20-13-9-14-21-25(20)26-22(30(5,6)29(21,3)4)15-10-16-23(26)32(27)17-31(28)7;/h8-15,17H,1-7H3;/q-2;. The van der Waals surface area contributed by atoms with Gasteiger partial charge in [0, 0.05) is 37.1 Å². The molecule has 3 heteroatoms. The van der Waals surface area contributed by atoms with Gasteiger partial charge in [-0.3, -0.25) is 0 Å². The average Bonchev–Trinajstić information content (AvgIpc) is 3.09. The van der Waals surface area contributed by atoms with E-state index >= 15 is 0 Å². The number of fused-ring (bicyclic) bond motifs is 3. The minimum Gasteiger partial charge on any atom is -0.503 e. The van der Waals surface area contributed by atoms with Gasteiger partial charge >= 0.3 is 0 Å². The Morgan fingerprint density at radius 2 is 1.36 bits per heavy atom. The third kappa shape index (κ3) is 2.64. The van der Waals surface area contributed by atoms with E-state index in [0.29, 0.717) is 0 Å². The van der Waals surface area contributed by atoms with Crippen molar-refractivity contribution in [1.82, 2.24) is 4.90 Å².